The van der Waals surface area contributed by atoms with Gasteiger partial charge in [-0.1, -0.05) is 6.07 Å². The van der Waals surface area contributed by atoms with Crippen molar-refractivity contribution in [1.82, 2.24) is 30.1 Å². The topological polar surface area (TPSA) is 146 Å². The minimum absolute atomic E-state index is 0.178. The molecule has 3 amide bonds. The Morgan fingerprint density at radius 3 is 2.74 bits per heavy atom. The summed E-state index contributed by atoms with van der Waals surface area (Å²) in [5.41, 5.74) is 1.85. The van der Waals surface area contributed by atoms with Crippen LogP contribution < -0.4 is 29.6 Å². The van der Waals surface area contributed by atoms with Crippen LogP contribution in [0.5, 0.6) is 23.0 Å². The van der Waals surface area contributed by atoms with Crippen LogP contribution in [-0.4, -0.2) is 83.3 Å². The first-order valence-electron chi connectivity index (χ1n) is 13.2. The minimum Gasteiger partial charge on any atom is -0.493 e. The molecule has 5 heterocycles. The van der Waals surface area contributed by atoms with Gasteiger partial charge in [0.25, 0.3) is 17.7 Å². The molecule has 1 saturated heterocycles. The first-order chi connectivity index (χ1) is 20.4. The van der Waals surface area contributed by atoms with Gasteiger partial charge in [0, 0.05) is 31.0 Å². The molecular formula is C29H28N6O7. The van der Waals surface area contributed by atoms with Gasteiger partial charge in [0.2, 0.25) is 0 Å². The molecule has 13 heteroatoms. The van der Waals surface area contributed by atoms with Crippen LogP contribution >= 0.6 is 0 Å². The SMILES string of the molecule is COc1ccc2cc1OCC(=O)NCc1ccc(c(OC)c1)O[C@H]1CN(C(=O)c3cnn4cccnc34)C[C@@H]1NC2=O. The number of benzene rings is 2. The van der Waals surface area contributed by atoms with E-state index in [9.17, 15) is 14.4 Å². The molecule has 4 aromatic rings. The number of methoxy groups -OCH3 is 2. The lowest BCUT2D eigenvalue weighted by molar-refractivity contribution is -0.123. The fourth-order valence-electron chi connectivity index (χ4n) is 5.01. The van der Waals surface area contributed by atoms with Crippen LogP contribution in [0.25, 0.3) is 5.65 Å². The van der Waals surface area contributed by atoms with Crippen molar-refractivity contribution in [3.8, 4) is 23.0 Å². The molecule has 2 aromatic heterocycles. The Labute approximate surface area is 240 Å². The Bertz CT molecular complexity index is 1670. The fraction of sp³-hybridized carbons (Fsp3) is 0.276. The Morgan fingerprint density at radius 2 is 1.90 bits per heavy atom. The molecule has 0 unspecified atom stereocenters. The number of likely N-dealkylation sites (tertiary alicyclic amines) is 1. The Balaban J connectivity index is 1.34. The number of hydrogen-bond donors (Lipinski definition) is 2. The smallest absolute Gasteiger partial charge is 0.259 e. The normalized spacial score (nSPS) is 18.8. The molecule has 216 valence electrons. The first kappa shape index (κ1) is 26.9. The lowest BCUT2D eigenvalue weighted by Crippen LogP contribution is -2.45. The van der Waals surface area contributed by atoms with Crippen molar-refractivity contribution in [3.63, 3.8) is 0 Å². The second-order valence-electron chi connectivity index (χ2n) is 9.81. The summed E-state index contributed by atoms with van der Waals surface area (Å²) in [6.45, 7) is 0.321. The average molecular weight is 573 g/mol. The van der Waals surface area contributed by atoms with Gasteiger partial charge in [0.1, 0.15) is 11.7 Å². The Kier molecular flexibility index (Phi) is 7.21. The van der Waals surface area contributed by atoms with E-state index in [4.69, 9.17) is 18.9 Å². The summed E-state index contributed by atoms with van der Waals surface area (Å²) in [5.74, 6) is 0.447. The van der Waals surface area contributed by atoms with Crippen LogP contribution in [0.3, 0.4) is 0 Å². The predicted molar refractivity (Wildman–Crippen MR) is 148 cm³/mol. The molecule has 2 N–H and O–H groups in total. The second kappa shape index (κ2) is 11.3. The van der Waals surface area contributed by atoms with Crippen LogP contribution in [0.2, 0.25) is 0 Å². The molecule has 7 rings (SSSR count). The summed E-state index contributed by atoms with van der Waals surface area (Å²) in [4.78, 5) is 45.5. The summed E-state index contributed by atoms with van der Waals surface area (Å²) < 4.78 is 24.5. The standard InChI is InChI=1S/C29H28N6O7/c1-39-21-7-5-18-11-24(21)41-16-26(36)31-12-17-4-6-22(23(10-17)40-2)42-25-15-34(14-20(25)33-28(18)37)29(38)19-13-32-35-9-3-8-30-27(19)35/h3-11,13,20,25H,12,14-16H2,1-2H3,(H,31,36)(H,33,37)/t20-,25-/m0/s1. The molecule has 0 spiro atoms. The van der Waals surface area contributed by atoms with Gasteiger partial charge in [-0.3, -0.25) is 14.4 Å². The summed E-state index contributed by atoms with van der Waals surface area (Å²) in [5, 5.41) is 10.0. The largest absolute Gasteiger partial charge is 0.493 e. The number of aromatic nitrogens is 3. The zero-order chi connectivity index (χ0) is 29.2. The second-order valence-corrected chi connectivity index (χ2v) is 9.81. The number of rotatable bonds is 3. The van der Waals surface area contributed by atoms with E-state index in [2.05, 4.69) is 20.7 Å². The highest BCUT2D eigenvalue weighted by Crippen LogP contribution is 2.32. The van der Waals surface area contributed by atoms with Crippen molar-refractivity contribution >= 4 is 23.4 Å². The quantitative estimate of drug-likeness (QED) is 0.373. The van der Waals surface area contributed by atoms with E-state index in [0.29, 0.717) is 28.5 Å². The number of carbonyl (C=O) groups is 3. The summed E-state index contributed by atoms with van der Waals surface area (Å²) in [7, 11) is 2.99. The van der Waals surface area contributed by atoms with Crippen LogP contribution in [0.4, 0.5) is 0 Å². The van der Waals surface area contributed by atoms with E-state index < -0.39 is 18.1 Å². The van der Waals surface area contributed by atoms with Gasteiger partial charge in [-0.15, -0.1) is 0 Å². The van der Waals surface area contributed by atoms with E-state index in [1.807, 2.05) is 0 Å². The molecule has 1 fully saturated rings. The maximum atomic E-state index is 13.6. The zero-order valence-corrected chi connectivity index (χ0v) is 22.9. The van der Waals surface area contributed by atoms with Gasteiger partial charge in [0.15, 0.2) is 35.3 Å². The van der Waals surface area contributed by atoms with Crippen molar-refractivity contribution in [2.24, 2.45) is 0 Å². The molecule has 42 heavy (non-hydrogen) atoms. The molecule has 2 aromatic carbocycles. The monoisotopic (exact) mass is 572 g/mol. The van der Waals surface area contributed by atoms with Crippen molar-refractivity contribution in [3.05, 3.63) is 77.7 Å². The summed E-state index contributed by atoms with van der Waals surface area (Å²) >= 11 is 0. The third-order valence-electron chi connectivity index (χ3n) is 7.16. The van der Waals surface area contributed by atoms with E-state index in [0.717, 1.165) is 5.56 Å². The maximum Gasteiger partial charge on any atom is 0.259 e. The van der Waals surface area contributed by atoms with Crippen molar-refractivity contribution < 1.29 is 33.3 Å². The van der Waals surface area contributed by atoms with E-state index in [1.165, 1.54) is 31.0 Å². The molecule has 3 aliphatic heterocycles. The lowest BCUT2D eigenvalue weighted by atomic mass is 10.1. The highest BCUT2D eigenvalue weighted by atomic mass is 16.5. The van der Waals surface area contributed by atoms with Gasteiger partial charge >= 0.3 is 0 Å². The van der Waals surface area contributed by atoms with Gasteiger partial charge < -0.3 is 34.5 Å². The van der Waals surface area contributed by atoms with Gasteiger partial charge in [-0.2, -0.15) is 5.10 Å². The molecular weight excluding hydrogens is 544 g/mol. The fourth-order valence-corrected chi connectivity index (χ4v) is 5.01. The van der Waals surface area contributed by atoms with Gasteiger partial charge in [-0.05, 0) is 42.0 Å². The minimum atomic E-state index is -0.614. The van der Waals surface area contributed by atoms with Gasteiger partial charge in [-0.25, -0.2) is 9.50 Å². The highest BCUT2D eigenvalue weighted by Gasteiger charge is 2.39. The Morgan fingerprint density at radius 1 is 1.05 bits per heavy atom. The number of amides is 3. The number of nitrogens with one attached hydrogen (secondary N) is 2. The average Bonchev–Trinajstić information content (AvgIpc) is 3.62. The predicted octanol–water partition coefficient (Wildman–Crippen LogP) is 1.46. The summed E-state index contributed by atoms with van der Waals surface area (Å²) in [6.07, 6.45) is 4.18. The van der Waals surface area contributed by atoms with E-state index in [1.54, 1.807) is 53.7 Å². The third kappa shape index (κ3) is 5.23. The van der Waals surface area contributed by atoms with Crippen LogP contribution in [-0.2, 0) is 11.3 Å². The van der Waals surface area contributed by atoms with Crippen molar-refractivity contribution in [1.29, 1.82) is 0 Å². The molecule has 0 radical (unpaired) electrons. The van der Waals surface area contributed by atoms with Crippen molar-refractivity contribution in [2.75, 3.05) is 33.9 Å². The van der Waals surface area contributed by atoms with Crippen LogP contribution in [0.1, 0.15) is 26.3 Å². The molecule has 4 bridgehead atoms. The first-order valence-corrected chi connectivity index (χ1v) is 13.2. The number of hydrogen-bond acceptors (Lipinski definition) is 9. The summed E-state index contributed by atoms with van der Waals surface area (Å²) in [6, 6.07) is 11.2. The highest BCUT2D eigenvalue weighted by molar-refractivity contribution is 6.00. The van der Waals surface area contributed by atoms with E-state index >= 15 is 0 Å². The van der Waals surface area contributed by atoms with Gasteiger partial charge in [0.05, 0.1) is 33.0 Å². The zero-order valence-electron chi connectivity index (χ0n) is 22.9. The van der Waals surface area contributed by atoms with Crippen molar-refractivity contribution in [2.45, 2.75) is 18.7 Å². The number of carbonyl (C=O) groups excluding carboxylic acids is 3. The van der Waals surface area contributed by atoms with E-state index in [-0.39, 0.29) is 49.4 Å². The molecule has 0 aliphatic carbocycles. The molecule has 0 saturated carbocycles. The number of ether oxygens (including phenoxy) is 4. The molecule has 2 atom stereocenters. The Hall–Kier alpha value is -5.33. The maximum absolute atomic E-state index is 13.6. The third-order valence-corrected chi connectivity index (χ3v) is 7.16. The molecule has 13 nitrogen and oxygen atoms in total. The molecule has 3 aliphatic rings. The number of fused-ring (bicyclic) bond motifs is 8. The lowest BCUT2D eigenvalue weighted by Gasteiger charge is -2.22. The van der Waals surface area contributed by atoms with Crippen LogP contribution in [0, 0.1) is 0 Å². The number of nitrogens with zero attached hydrogens (tertiary/aromatic N) is 4. The van der Waals surface area contributed by atoms with Crippen LogP contribution in [0.15, 0.2) is 61.1 Å².